The van der Waals surface area contributed by atoms with Crippen LogP contribution in [0, 0.1) is 13.8 Å². The van der Waals surface area contributed by atoms with E-state index in [4.69, 9.17) is 9.47 Å². The van der Waals surface area contributed by atoms with Gasteiger partial charge >= 0.3 is 5.97 Å². The predicted octanol–water partition coefficient (Wildman–Crippen LogP) is 3.66. The molecule has 116 valence electrons. The van der Waals surface area contributed by atoms with Gasteiger partial charge < -0.3 is 9.47 Å². The molecule has 4 heteroatoms. The number of cyclic esters (lactones) is 1. The number of carbonyl (C=O) groups is 1. The van der Waals surface area contributed by atoms with E-state index >= 15 is 0 Å². The zero-order chi connectivity index (χ0) is 16.4. The molecule has 1 aliphatic rings. The predicted molar refractivity (Wildman–Crippen MR) is 89.5 cm³/mol. The second-order valence-corrected chi connectivity index (χ2v) is 5.40. The fraction of sp³-hybridized carbons (Fsp3) is 0.158. The van der Waals surface area contributed by atoms with E-state index in [1.165, 1.54) is 0 Å². The van der Waals surface area contributed by atoms with Crippen molar-refractivity contribution in [2.24, 2.45) is 4.99 Å². The minimum absolute atomic E-state index is 0.271. The number of aliphatic imine (C=N–C) groups is 1. The molecule has 3 rings (SSSR count). The summed E-state index contributed by atoms with van der Waals surface area (Å²) >= 11 is 0. The van der Waals surface area contributed by atoms with Gasteiger partial charge in [-0.25, -0.2) is 9.79 Å². The minimum atomic E-state index is -0.452. The maximum atomic E-state index is 12.1. The van der Waals surface area contributed by atoms with Gasteiger partial charge in [-0.05, 0) is 43.7 Å². The second kappa shape index (κ2) is 6.08. The first-order chi connectivity index (χ1) is 11.1. The lowest BCUT2D eigenvalue weighted by Gasteiger charge is -2.05. The molecule has 1 heterocycles. The largest absolute Gasteiger partial charge is 0.496 e. The van der Waals surface area contributed by atoms with Gasteiger partial charge in [0, 0.05) is 11.1 Å². The average molecular weight is 307 g/mol. The summed E-state index contributed by atoms with van der Waals surface area (Å²) in [6.45, 7) is 3.94. The van der Waals surface area contributed by atoms with Crippen LogP contribution in [-0.4, -0.2) is 19.0 Å². The van der Waals surface area contributed by atoms with Gasteiger partial charge in [0.2, 0.25) is 5.90 Å². The van der Waals surface area contributed by atoms with Crippen molar-refractivity contribution in [1.29, 1.82) is 0 Å². The molecular formula is C19H17NO3. The maximum absolute atomic E-state index is 12.1. The summed E-state index contributed by atoms with van der Waals surface area (Å²) in [7, 11) is 1.60. The molecule has 2 aromatic rings. The lowest BCUT2D eigenvalue weighted by molar-refractivity contribution is -0.129. The molecule has 0 bridgehead atoms. The van der Waals surface area contributed by atoms with Crippen molar-refractivity contribution in [3.8, 4) is 5.75 Å². The highest BCUT2D eigenvalue weighted by molar-refractivity contribution is 6.13. The number of hydrogen-bond donors (Lipinski definition) is 0. The van der Waals surface area contributed by atoms with Crippen LogP contribution in [0.3, 0.4) is 0 Å². The monoisotopic (exact) mass is 307 g/mol. The average Bonchev–Trinajstić information content (AvgIpc) is 2.89. The molecule has 0 aliphatic carbocycles. The van der Waals surface area contributed by atoms with Gasteiger partial charge in [0.25, 0.3) is 0 Å². The molecule has 0 spiro atoms. The topological polar surface area (TPSA) is 47.9 Å². The molecule has 2 aromatic carbocycles. The highest BCUT2D eigenvalue weighted by Gasteiger charge is 2.25. The summed E-state index contributed by atoms with van der Waals surface area (Å²) in [6.07, 6.45) is 1.69. The van der Waals surface area contributed by atoms with Gasteiger partial charge in [0.15, 0.2) is 5.70 Å². The van der Waals surface area contributed by atoms with Crippen LogP contribution in [0.2, 0.25) is 0 Å². The Morgan fingerprint density at radius 1 is 1.13 bits per heavy atom. The Morgan fingerprint density at radius 3 is 2.65 bits per heavy atom. The summed E-state index contributed by atoms with van der Waals surface area (Å²) in [5.41, 5.74) is 3.97. The zero-order valence-corrected chi connectivity index (χ0v) is 13.3. The molecule has 0 atom stereocenters. The van der Waals surface area contributed by atoms with Crippen molar-refractivity contribution < 1.29 is 14.3 Å². The van der Waals surface area contributed by atoms with Crippen molar-refractivity contribution in [3.05, 3.63) is 70.4 Å². The first-order valence-corrected chi connectivity index (χ1v) is 7.31. The smallest absolute Gasteiger partial charge is 0.363 e. The van der Waals surface area contributed by atoms with E-state index in [1.807, 2.05) is 56.3 Å². The van der Waals surface area contributed by atoms with Crippen molar-refractivity contribution >= 4 is 17.9 Å². The third kappa shape index (κ3) is 3.01. The molecule has 23 heavy (non-hydrogen) atoms. The molecule has 0 saturated carbocycles. The van der Waals surface area contributed by atoms with Gasteiger partial charge in [0.1, 0.15) is 5.75 Å². The Hall–Kier alpha value is -2.88. The minimum Gasteiger partial charge on any atom is -0.496 e. The summed E-state index contributed by atoms with van der Waals surface area (Å²) < 4.78 is 10.7. The Balaban J connectivity index is 2.02. The third-order valence-corrected chi connectivity index (χ3v) is 3.67. The van der Waals surface area contributed by atoms with Crippen LogP contribution in [0.25, 0.3) is 6.08 Å². The fourth-order valence-corrected chi connectivity index (χ4v) is 2.45. The van der Waals surface area contributed by atoms with Gasteiger partial charge in [-0.15, -0.1) is 0 Å². The number of ether oxygens (including phenoxy) is 2. The van der Waals surface area contributed by atoms with E-state index in [-0.39, 0.29) is 5.70 Å². The summed E-state index contributed by atoms with van der Waals surface area (Å²) in [5, 5.41) is 0. The molecule has 0 amide bonds. The van der Waals surface area contributed by atoms with Gasteiger partial charge in [-0.1, -0.05) is 29.8 Å². The first kappa shape index (κ1) is 15.0. The van der Waals surface area contributed by atoms with Crippen molar-refractivity contribution in [3.63, 3.8) is 0 Å². The highest BCUT2D eigenvalue weighted by Crippen LogP contribution is 2.26. The van der Waals surface area contributed by atoms with Gasteiger partial charge in [0.05, 0.1) is 7.11 Å². The van der Waals surface area contributed by atoms with Crippen LogP contribution in [0.1, 0.15) is 22.3 Å². The first-order valence-electron chi connectivity index (χ1n) is 7.31. The maximum Gasteiger partial charge on any atom is 0.363 e. The number of methoxy groups -OCH3 is 1. The molecule has 1 aliphatic heterocycles. The summed E-state index contributed by atoms with van der Waals surface area (Å²) in [6, 6.07) is 13.4. The summed E-state index contributed by atoms with van der Waals surface area (Å²) in [5.74, 6) is 0.577. The fourth-order valence-electron chi connectivity index (χ4n) is 2.45. The van der Waals surface area contributed by atoms with Crippen LogP contribution in [-0.2, 0) is 9.53 Å². The van der Waals surface area contributed by atoms with E-state index in [0.717, 1.165) is 22.3 Å². The highest BCUT2D eigenvalue weighted by atomic mass is 16.6. The van der Waals surface area contributed by atoms with Crippen LogP contribution in [0.5, 0.6) is 5.75 Å². The van der Waals surface area contributed by atoms with E-state index in [9.17, 15) is 4.79 Å². The summed E-state index contributed by atoms with van der Waals surface area (Å²) in [4.78, 5) is 16.5. The van der Waals surface area contributed by atoms with Crippen molar-refractivity contribution in [2.45, 2.75) is 13.8 Å². The van der Waals surface area contributed by atoms with E-state index in [0.29, 0.717) is 11.6 Å². The Labute approximate surface area is 135 Å². The molecule has 0 aromatic heterocycles. The standard InChI is InChI=1S/C19H17NO3/c1-12-8-9-17(22-3)14(10-12)11-16-19(21)23-18(20-16)15-7-5-4-6-13(15)2/h4-11H,1-3H3/b16-11+. The number of hydrogen-bond acceptors (Lipinski definition) is 4. The van der Waals surface area contributed by atoms with Gasteiger partial charge in [-0.3, -0.25) is 0 Å². The molecule has 0 fully saturated rings. The molecule has 4 nitrogen and oxygen atoms in total. The molecule has 0 N–H and O–H groups in total. The number of nitrogens with zero attached hydrogens (tertiary/aromatic N) is 1. The van der Waals surface area contributed by atoms with Gasteiger partial charge in [-0.2, -0.15) is 0 Å². The molecular weight excluding hydrogens is 290 g/mol. The zero-order valence-electron chi connectivity index (χ0n) is 13.3. The molecule has 0 unspecified atom stereocenters. The van der Waals surface area contributed by atoms with Crippen LogP contribution >= 0.6 is 0 Å². The number of aryl methyl sites for hydroxylation is 2. The second-order valence-electron chi connectivity index (χ2n) is 5.40. The number of esters is 1. The van der Waals surface area contributed by atoms with Crippen LogP contribution in [0.4, 0.5) is 0 Å². The molecule has 0 saturated heterocycles. The molecule has 0 radical (unpaired) electrons. The lowest BCUT2D eigenvalue weighted by atomic mass is 10.1. The van der Waals surface area contributed by atoms with Crippen LogP contribution in [0.15, 0.2) is 53.2 Å². The Morgan fingerprint density at radius 2 is 1.91 bits per heavy atom. The van der Waals surface area contributed by atoms with E-state index in [2.05, 4.69) is 4.99 Å². The normalized spacial score (nSPS) is 15.5. The van der Waals surface area contributed by atoms with Crippen molar-refractivity contribution in [1.82, 2.24) is 0 Å². The Kier molecular flexibility index (Phi) is 3.98. The number of benzene rings is 2. The SMILES string of the molecule is COc1ccc(C)cc1/C=C1/N=C(c2ccccc2C)OC1=O. The van der Waals surface area contributed by atoms with Crippen LogP contribution < -0.4 is 4.74 Å². The number of rotatable bonds is 3. The third-order valence-electron chi connectivity index (χ3n) is 3.67. The van der Waals surface area contributed by atoms with E-state index < -0.39 is 5.97 Å². The number of carbonyl (C=O) groups excluding carboxylic acids is 1. The quantitative estimate of drug-likeness (QED) is 0.642. The lowest BCUT2D eigenvalue weighted by Crippen LogP contribution is -2.06. The van der Waals surface area contributed by atoms with Crippen molar-refractivity contribution in [2.75, 3.05) is 7.11 Å². The van der Waals surface area contributed by atoms with E-state index in [1.54, 1.807) is 13.2 Å². The Bertz CT molecular complexity index is 834.